The van der Waals surface area contributed by atoms with E-state index in [1.54, 1.807) is 6.20 Å². The second-order valence-electron chi connectivity index (χ2n) is 4.28. The van der Waals surface area contributed by atoms with Gasteiger partial charge < -0.3 is 10.5 Å². The Morgan fingerprint density at radius 1 is 1.28 bits per heavy atom. The lowest BCUT2D eigenvalue weighted by molar-refractivity contribution is 0.456. The normalized spacial score (nSPS) is 12.2. The molecule has 0 saturated heterocycles. The van der Waals surface area contributed by atoms with Crippen LogP contribution in [-0.2, 0) is 6.42 Å². The Labute approximate surface area is 108 Å². The monoisotopic (exact) mass is 242 g/mol. The van der Waals surface area contributed by atoms with Crippen LogP contribution in [0.25, 0.3) is 0 Å². The Kier molecular flexibility index (Phi) is 3.95. The van der Waals surface area contributed by atoms with Gasteiger partial charge in [-0.25, -0.2) is 4.98 Å². The Morgan fingerprint density at radius 3 is 2.78 bits per heavy atom. The van der Waals surface area contributed by atoms with Crippen LogP contribution in [0.1, 0.15) is 31.0 Å². The van der Waals surface area contributed by atoms with Gasteiger partial charge in [0, 0.05) is 18.3 Å². The first-order chi connectivity index (χ1) is 8.70. The van der Waals surface area contributed by atoms with Gasteiger partial charge in [-0.2, -0.15) is 0 Å². The van der Waals surface area contributed by atoms with Gasteiger partial charge in [-0.15, -0.1) is 0 Å². The average molecular weight is 242 g/mol. The molecule has 0 aliphatic heterocycles. The second-order valence-corrected chi connectivity index (χ2v) is 4.28. The Morgan fingerprint density at radius 2 is 2.06 bits per heavy atom. The molecule has 3 heteroatoms. The van der Waals surface area contributed by atoms with Crippen LogP contribution < -0.4 is 10.5 Å². The molecule has 0 aliphatic rings. The fourth-order valence-electron chi connectivity index (χ4n) is 1.77. The van der Waals surface area contributed by atoms with Gasteiger partial charge in [0.15, 0.2) is 0 Å². The van der Waals surface area contributed by atoms with Crippen LogP contribution in [0.4, 0.5) is 0 Å². The number of rotatable bonds is 4. The predicted octanol–water partition coefficient (Wildman–Crippen LogP) is 3.46. The minimum atomic E-state index is -0.0169. The van der Waals surface area contributed by atoms with Crippen molar-refractivity contribution < 1.29 is 4.74 Å². The van der Waals surface area contributed by atoms with Crippen molar-refractivity contribution in [2.45, 2.75) is 26.3 Å². The van der Waals surface area contributed by atoms with Gasteiger partial charge >= 0.3 is 0 Å². The first kappa shape index (κ1) is 12.6. The number of nitrogens with zero attached hydrogens (tertiary/aromatic N) is 1. The number of benzene rings is 1. The summed E-state index contributed by atoms with van der Waals surface area (Å²) in [5.41, 5.74) is 8.04. The highest BCUT2D eigenvalue weighted by atomic mass is 16.5. The van der Waals surface area contributed by atoms with Crippen LogP contribution in [0.5, 0.6) is 11.6 Å². The van der Waals surface area contributed by atoms with E-state index in [9.17, 15) is 0 Å². The Balaban J connectivity index is 2.25. The van der Waals surface area contributed by atoms with Gasteiger partial charge in [-0.1, -0.05) is 25.1 Å². The summed E-state index contributed by atoms with van der Waals surface area (Å²) in [6.07, 6.45) is 2.66. The van der Waals surface area contributed by atoms with Gasteiger partial charge in [0.2, 0.25) is 5.88 Å². The molecule has 1 aromatic carbocycles. The summed E-state index contributed by atoms with van der Waals surface area (Å²) in [5.74, 6) is 1.44. The molecule has 0 bridgehead atoms. The largest absolute Gasteiger partial charge is 0.439 e. The topological polar surface area (TPSA) is 48.1 Å². The summed E-state index contributed by atoms with van der Waals surface area (Å²) < 4.78 is 5.82. The van der Waals surface area contributed by atoms with Crippen molar-refractivity contribution in [3.63, 3.8) is 0 Å². The molecule has 1 atom stereocenters. The van der Waals surface area contributed by atoms with Crippen LogP contribution >= 0.6 is 0 Å². The smallest absolute Gasteiger partial charge is 0.219 e. The van der Waals surface area contributed by atoms with Gasteiger partial charge in [0.05, 0.1) is 0 Å². The quantitative estimate of drug-likeness (QED) is 0.893. The van der Waals surface area contributed by atoms with E-state index >= 15 is 0 Å². The summed E-state index contributed by atoms with van der Waals surface area (Å²) in [6.45, 7) is 4.05. The van der Waals surface area contributed by atoms with E-state index in [0.717, 1.165) is 17.7 Å². The van der Waals surface area contributed by atoms with E-state index in [4.69, 9.17) is 10.5 Å². The molecule has 2 rings (SSSR count). The third-order valence-corrected chi connectivity index (χ3v) is 2.85. The maximum atomic E-state index is 5.85. The summed E-state index contributed by atoms with van der Waals surface area (Å²) in [5, 5.41) is 0. The summed E-state index contributed by atoms with van der Waals surface area (Å²) in [6, 6.07) is 11.8. The van der Waals surface area contributed by atoms with Gasteiger partial charge in [0.25, 0.3) is 0 Å². The zero-order chi connectivity index (χ0) is 13.0. The van der Waals surface area contributed by atoms with Crippen LogP contribution in [0.3, 0.4) is 0 Å². The molecule has 3 nitrogen and oxygen atoms in total. The molecule has 1 heterocycles. The van der Waals surface area contributed by atoms with E-state index in [0.29, 0.717) is 5.88 Å². The van der Waals surface area contributed by atoms with Crippen molar-refractivity contribution in [1.29, 1.82) is 0 Å². The molecule has 18 heavy (non-hydrogen) atoms. The van der Waals surface area contributed by atoms with Gasteiger partial charge in [-0.3, -0.25) is 0 Å². The number of hydrogen-bond donors (Lipinski definition) is 1. The maximum absolute atomic E-state index is 5.85. The number of aromatic nitrogens is 1. The molecule has 2 N–H and O–H groups in total. The minimum absolute atomic E-state index is 0.0169. The fraction of sp³-hybridized carbons (Fsp3) is 0.267. The summed E-state index contributed by atoms with van der Waals surface area (Å²) in [4.78, 5) is 4.21. The standard InChI is InChI=1S/C15H18N2O/c1-3-12-6-4-5-7-14(12)18-15-10-13(11(2)16)8-9-17-15/h4-11H,3,16H2,1-2H3. The molecule has 0 saturated carbocycles. The second kappa shape index (κ2) is 5.65. The van der Waals surface area contributed by atoms with E-state index in [2.05, 4.69) is 18.0 Å². The Hall–Kier alpha value is -1.87. The van der Waals surface area contributed by atoms with Crippen LogP contribution in [-0.4, -0.2) is 4.98 Å². The Bertz CT molecular complexity index is 523. The lowest BCUT2D eigenvalue weighted by atomic mass is 10.1. The van der Waals surface area contributed by atoms with Crippen LogP contribution in [0.2, 0.25) is 0 Å². The molecule has 0 spiro atoms. The average Bonchev–Trinajstić information content (AvgIpc) is 2.39. The molecule has 0 fully saturated rings. The van der Waals surface area contributed by atoms with Crippen molar-refractivity contribution in [3.05, 3.63) is 53.7 Å². The number of ether oxygens (including phenoxy) is 1. The van der Waals surface area contributed by atoms with Crippen molar-refractivity contribution >= 4 is 0 Å². The van der Waals surface area contributed by atoms with Crippen LogP contribution in [0, 0.1) is 0 Å². The summed E-state index contributed by atoms with van der Waals surface area (Å²) >= 11 is 0. The highest BCUT2D eigenvalue weighted by Crippen LogP contribution is 2.25. The zero-order valence-corrected chi connectivity index (χ0v) is 10.8. The number of nitrogens with two attached hydrogens (primary N) is 1. The van der Waals surface area contributed by atoms with Crippen molar-refractivity contribution in [1.82, 2.24) is 4.98 Å². The molecule has 0 radical (unpaired) electrons. The SMILES string of the molecule is CCc1ccccc1Oc1cc(C(C)N)ccn1. The number of para-hydroxylation sites is 1. The number of pyridine rings is 1. The van der Waals surface area contributed by atoms with Gasteiger partial charge in [-0.05, 0) is 36.6 Å². The highest BCUT2D eigenvalue weighted by molar-refractivity contribution is 5.36. The molecule has 94 valence electrons. The molecule has 2 aromatic rings. The third-order valence-electron chi connectivity index (χ3n) is 2.85. The molecule has 1 unspecified atom stereocenters. The fourth-order valence-corrected chi connectivity index (χ4v) is 1.77. The molecule has 1 aromatic heterocycles. The number of aryl methyl sites for hydroxylation is 1. The van der Waals surface area contributed by atoms with E-state index in [1.807, 2.05) is 37.3 Å². The summed E-state index contributed by atoms with van der Waals surface area (Å²) in [7, 11) is 0. The van der Waals surface area contributed by atoms with E-state index < -0.39 is 0 Å². The molecular formula is C15H18N2O. The van der Waals surface area contributed by atoms with Crippen molar-refractivity contribution in [2.75, 3.05) is 0 Å². The molecular weight excluding hydrogens is 224 g/mol. The third kappa shape index (κ3) is 2.87. The number of hydrogen-bond acceptors (Lipinski definition) is 3. The molecule has 0 amide bonds. The molecule has 0 aliphatic carbocycles. The van der Waals surface area contributed by atoms with Crippen LogP contribution in [0.15, 0.2) is 42.6 Å². The van der Waals surface area contributed by atoms with Crippen molar-refractivity contribution in [2.24, 2.45) is 5.73 Å². The predicted molar refractivity (Wildman–Crippen MR) is 72.7 cm³/mol. The maximum Gasteiger partial charge on any atom is 0.219 e. The lowest BCUT2D eigenvalue weighted by Gasteiger charge is -2.11. The highest BCUT2D eigenvalue weighted by Gasteiger charge is 2.06. The van der Waals surface area contributed by atoms with E-state index in [-0.39, 0.29) is 6.04 Å². The minimum Gasteiger partial charge on any atom is -0.439 e. The zero-order valence-electron chi connectivity index (χ0n) is 10.8. The lowest BCUT2D eigenvalue weighted by Crippen LogP contribution is -2.05. The van der Waals surface area contributed by atoms with E-state index in [1.165, 1.54) is 5.56 Å². The van der Waals surface area contributed by atoms with Crippen molar-refractivity contribution in [3.8, 4) is 11.6 Å². The first-order valence-electron chi connectivity index (χ1n) is 6.18. The van der Waals surface area contributed by atoms with Gasteiger partial charge in [0.1, 0.15) is 5.75 Å². The first-order valence-corrected chi connectivity index (χ1v) is 6.18.